The number of H-pyrrole nitrogens is 1. The van der Waals surface area contributed by atoms with E-state index >= 15 is 0 Å². The van der Waals surface area contributed by atoms with E-state index in [1.54, 1.807) is 18.7 Å². The molecule has 0 spiro atoms. The van der Waals surface area contributed by atoms with Gasteiger partial charge in [-0.15, -0.1) is 0 Å². The number of benzene rings is 1. The van der Waals surface area contributed by atoms with Crippen molar-refractivity contribution in [2.75, 3.05) is 0 Å². The number of nitrogens with zero attached hydrogens (tertiary/aromatic N) is 3. The summed E-state index contributed by atoms with van der Waals surface area (Å²) < 4.78 is 0. The molecule has 0 amide bonds. The number of nitrogens with one attached hydrogen (secondary N) is 1. The number of fused-ring (bicyclic) bond motifs is 1. The second kappa shape index (κ2) is 2.70. The van der Waals surface area contributed by atoms with Crippen LogP contribution >= 0.6 is 0 Å². The van der Waals surface area contributed by atoms with Crippen molar-refractivity contribution < 1.29 is 0 Å². The second-order valence-electron chi connectivity index (χ2n) is 3.01. The maximum Gasteiger partial charge on any atom is 0.159 e. The lowest BCUT2D eigenvalue weighted by Gasteiger charge is -1.98. The van der Waals surface area contributed by atoms with Crippen molar-refractivity contribution in [3.63, 3.8) is 0 Å². The smallest absolute Gasteiger partial charge is 0.159 e. The summed E-state index contributed by atoms with van der Waals surface area (Å²) in [6, 6.07) is 5.94. The Morgan fingerprint density at radius 1 is 1.14 bits per heavy atom. The molecule has 1 aromatic heterocycles. The van der Waals surface area contributed by atoms with E-state index in [1.807, 2.05) is 18.2 Å². The van der Waals surface area contributed by atoms with E-state index in [-0.39, 0.29) is 0 Å². The molecule has 1 aliphatic rings. The average Bonchev–Trinajstić information content (AvgIpc) is 2.88. The molecule has 0 unspecified atom stereocenters. The molecule has 14 heavy (non-hydrogen) atoms. The van der Waals surface area contributed by atoms with Gasteiger partial charge in [0.25, 0.3) is 0 Å². The van der Waals surface area contributed by atoms with Gasteiger partial charge in [-0.25, -0.2) is 15.3 Å². The summed E-state index contributed by atoms with van der Waals surface area (Å²) in [5, 5.41) is 4.13. The Morgan fingerprint density at radius 2 is 2.14 bits per heavy atom. The molecule has 1 radical (unpaired) electrons. The third-order valence-corrected chi connectivity index (χ3v) is 2.14. The molecule has 1 N–H and O–H groups in total. The molecule has 0 atom stereocenters. The zero-order chi connectivity index (χ0) is 9.38. The monoisotopic (exact) mass is 183 g/mol. The topological polar surface area (TPSA) is 55.1 Å². The van der Waals surface area contributed by atoms with Gasteiger partial charge < -0.3 is 4.98 Å². The summed E-state index contributed by atoms with van der Waals surface area (Å²) in [6.45, 7) is 0. The van der Waals surface area contributed by atoms with E-state index in [0.29, 0.717) is 0 Å². The third kappa shape index (κ3) is 1.01. The third-order valence-electron chi connectivity index (χ3n) is 2.14. The largest absolute Gasteiger partial charge is 0.345 e. The Labute approximate surface area is 80.4 Å². The number of hydrogen-bond donors (Lipinski definition) is 1. The van der Waals surface area contributed by atoms with E-state index in [2.05, 4.69) is 20.3 Å². The minimum atomic E-state index is 0.745. The van der Waals surface area contributed by atoms with Crippen molar-refractivity contribution in [1.29, 1.82) is 0 Å². The number of rotatable bonds is 1. The van der Waals surface area contributed by atoms with Gasteiger partial charge in [0.15, 0.2) is 5.84 Å². The Kier molecular flexibility index (Phi) is 1.41. The van der Waals surface area contributed by atoms with E-state index in [0.717, 1.165) is 22.4 Å². The first-order valence-electron chi connectivity index (χ1n) is 4.31. The minimum absolute atomic E-state index is 0.745. The van der Waals surface area contributed by atoms with Crippen LogP contribution in [0.1, 0.15) is 5.56 Å². The summed E-state index contributed by atoms with van der Waals surface area (Å²) in [4.78, 5) is 11.3. The predicted octanol–water partition coefficient (Wildman–Crippen LogP) is 1.40. The van der Waals surface area contributed by atoms with Crippen molar-refractivity contribution in [3.05, 3.63) is 42.5 Å². The van der Waals surface area contributed by atoms with Gasteiger partial charge in [0.1, 0.15) is 0 Å². The van der Waals surface area contributed by atoms with Crippen LogP contribution in [0.25, 0.3) is 11.0 Å². The van der Waals surface area contributed by atoms with E-state index in [9.17, 15) is 0 Å². The average molecular weight is 183 g/mol. The molecule has 1 aliphatic heterocycles. The maximum atomic E-state index is 4.18. The molecule has 3 rings (SSSR count). The number of hydrogen-bond acceptors (Lipinski definition) is 2. The zero-order valence-corrected chi connectivity index (χ0v) is 7.31. The molecule has 67 valence electrons. The number of aromatic amines is 1. The van der Waals surface area contributed by atoms with Crippen LogP contribution in [0.5, 0.6) is 0 Å². The number of amidine groups is 1. The van der Waals surface area contributed by atoms with Crippen molar-refractivity contribution in [1.82, 2.24) is 15.3 Å². The quantitative estimate of drug-likeness (QED) is 0.713. The van der Waals surface area contributed by atoms with Crippen molar-refractivity contribution >= 4 is 16.9 Å². The van der Waals surface area contributed by atoms with E-state index in [1.165, 1.54) is 0 Å². The summed E-state index contributed by atoms with van der Waals surface area (Å²) in [6.07, 6.45) is 5.05. The minimum Gasteiger partial charge on any atom is -0.345 e. The van der Waals surface area contributed by atoms with Crippen molar-refractivity contribution in [3.8, 4) is 0 Å². The van der Waals surface area contributed by atoms with Crippen LogP contribution in [0.4, 0.5) is 0 Å². The number of imidazole rings is 1. The van der Waals surface area contributed by atoms with Crippen LogP contribution < -0.4 is 5.32 Å². The molecule has 4 nitrogen and oxygen atoms in total. The SMILES string of the molecule is C1=CN=C(c2ccc3[nH]cnc3c2)[N]1. The van der Waals surface area contributed by atoms with E-state index in [4.69, 9.17) is 0 Å². The Bertz CT molecular complexity index is 536. The zero-order valence-electron chi connectivity index (χ0n) is 7.31. The van der Waals surface area contributed by atoms with Gasteiger partial charge in [0, 0.05) is 18.0 Å². The number of aliphatic imine (C=N–C) groups is 1. The van der Waals surface area contributed by atoms with Crippen molar-refractivity contribution in [2.24, 2.45) is 4.99 Å². The first kappa shape index (κ1) is 7.32. The molecular formula is C10H7N4. The molecule has 2 aromatic rings. The first-order valence-corrected chi connectivity index (χ1v) is 4.31. The van der Waals surface area contributed by atoms with Crippen LogP contribution in [0.15, 0.2) is 41.9 Å². The van der Waals surface area contributed by atoms with Crippen LogP contribution in [0, 0.1) is 0 Å². The summed E-state index contributed by atoms with van der Waals surface area (Å²) >= 11 is 0. The van der Waals surface area contributed by atoms with Crippen LogP contribution in [-0.2, 0) is 0 Å². The Hall–Kier alpha value is -2.10. The lowest BCUT2D eigenvalue weighted by Crippen LogP contribution is -2.07. The standard InChI is InChI=1S/C10H7N4/c1-2-8-9(14-6-13-8)5-7(1)10-11-3-4-12-10/h1-6H,(H,13,14). The molecule has 2 heterocycles. The molecule has 0 fully saturated rings. The fourth-order valence-electron chi connectivity index (χ4n) is 1.46. The lowest BCUT2D eigenvalue weighted by molar-refractivity contribution is 1.29. The van der Waals surface area contributed by atoms with Gasteiger partial charge in [-0.05, 0) is 18.2 Å². The highest BCUT2D eigenvalue weighted by atomic mass is 15.0. The Balaban J connectivity index is 2.13. The van der Waals surface area contributed by atoms with Crippen LogP contribution in [0.2, 0.25) is 0 Å². The molecule has 0 bridgehead atoms. The highest BCUT2D eigenvalue weighted by molar-refractivity contribution is 6.02. The van der Waals surface area contributed by atoms with Gasteiger partial charge in [-0.2, -0.15) is 0 Å². The highest BCUT2D eigenvalue weighted by Crippen LogP contribution is 2.13. The first-order chi connectivity index (χ1) is 6.93. The highest BCUT2D eigenvalue weighted by Gasteiger charge is 2.07. The molecule has 0 aliphatic carbocycles. The van der Waals surface area contributed by atoms with E-state index < -0.39 is 0 Å². The lowest BCUT2D eigenvalue weighted by atomic mass is 10.2. The molecule has 1 aromatic carbocycles. The summed E-state index contributed by atoms with van der Waals surface area (Å²) in [5.41, 5.74) is 2.96. The van der Waals surface area contributed by atoms with Crippen LogP contribution in [-0.4, -0.2) is 15.8 Å². The van der Waals surface area contributed by atoms with Gasteiger partial charge in [-0.3, -0.25) is 0 Å². The van der Waals surface area contributed by atoms with Crippen molar-refractivity contribution in [2.45, 2.75) is 0 Å². The fraction of sp³-hybridized carbons (Fsp3) is 0. The molecule has 0 saturated heterocycles. The van der Waals surface area contributed by atoms with Gasteiger partial charge in [0.05, 0.1) is 17.4 Å². The Morgan fingerprint density at radius 3 is 3.00 bits per heavy atom. The van der Waals surface area contributed by atoms with Gasteiger partial charge >= 0.3 is 0 Å². The van der Waals surface area contributed by atoms with Gasteiger partial charge in [-0.1, -0.05) is 0 Å². The number of aromatic nitrogens is 2. The van der Waals surface area contributed by atoms with Crippen LogP contribution in [0.3, 0.4) is 0 Å². The predicted molar refractivity (Wildman–Crippen MR) is 53.9 cm³/mol. The molecular weight excluding hydrogens is 176 g/mol. The fourth-order valence-corrected chi connectivity index (χ4v) is 1.46. The normalized spacial score (nSPS) is 14.4. The molecule has 0 saturated carbocycles. The molecule has 4 heteroatoms. The summed E-state index contributed by atoms with van der Waals surface area (Å²) in [5.74, 6) is 0.745. The summed E-state index contributed by atoms with van der Waals surface area (Å²) in [7, 11) is 0. The maximum absolute atomic E-state index is 4.18. The van der Waals surface area contributed by atoms with Gasteiger partial charge in [0.2, 0.25) is 0 Å². The second-order valence-corrected chi connectivity index (χ2v) is 3.01.